The van der Waals surface area contributed by atoms with E-state index >= 15 is 0 Å². The number of aryl methyl sites for hydroxylation is 1. The summed E-state index contributed by atoms with van der Waals surface area (Å²) in [4.78, 5) is 19.3. The molecule has 1 aliphatic rings. The van der Waals surface area contributed by atoms with Crippen molar-refractivity contribution in [2.75, 3.05) is 6.54 Å². The fourth-order valence-corrected chi connectivity index (χ4v) is 4.22. The van der Waals surface area contributed by atoms with Crippen molar-refractivity contribution in [3.63, 3.8) is 0 Å². The number of carbonyl (C=O) groups is 1. The van der Waals surface area contributed by atoms with Gasteiger partial charge < -0.3 is 14.6 Å². The molecule has 0 bridgehead atoms. The summed E-state index contributed by atoms with van der Waals surface area (Å²) in [5, 5.41) is 4.27. The summed E-state index contributed by atoms with van der Waals surface area (Å²) in [6.45, 7) is 4.81. The second-order valence-corrected chi connectivity index (χ2v) is 7.60. The van der Waals surface area contributed by atoms with Crippen molar-refractivity contribution in [1.82, 2.24) is 15.2 Å². The Morgan fingerprint density at radius 3 is 2.75 bits per heavy atom. The molecular formula is C23H27N3O2. The summed E-state index contributed by atoms with van der Waals surface area (Å²) in [5.74, 6) is 0.824. The first kappa shape index (κ1) is 18.5. The molecule has 0 spiro atoms. The van der Waals surface area contributed by atoms with E-state index in [0.29, 0.717) is 0 Å². The lowest BCUT2D eigenvalue weighted by molar-refractivity contribution is 0.171. The van der Waals surface area contributed by atoms with Gasteiger partial charge in [0.15, 0.2) is 0 Å². The van der Waals surface area contributed by atoms with Gasteiger partial charge in [-0.1, -0.05) is 31.0 Å². The molecule has 2 atom stereocenters. The molecule has 28 heavy (non-hydrogen) atoms. The number of amides is 2. The molecule has 0 radical (unpaired) electrons. The van der Waals surface area contributed by atoms with Crippen LogP contribution in [0.15, 0.2) is 53.2 Å². The number of nitrogens with zero attached hydrogens (tertiary/aromatic N) is 2. The zero-order valence-corrected chi connectivity index (χ0v) is 16.5. The number of carbonyl (C=O) groups excluding carboxylic acids is 1. The van der Waals surface area contributed by atoms with Crippen LogP contribution in [0.25, 0.3) is 11.0 Å². The average Bonchev–Trinajstić information content (AvgIpc) is 2.90. The van der Waals surface area contributed by atoms with E-state index in [2.05, 4.69) is 23.3 Å². The van der Waals surface area contributed by atoms with Gasteiger partial charge >= 0.3 is 6.03 Å². The molecule has 0 aliphatic carbocycles. The van der Waals surface area contributed by atoms with E-state index in [4.69, 9.17) is 4.42 Å². The van der Waals surface area contributed by atoms with E-state index in [0.717, 1.165) is 60.1 Å². The zero-order chi connectivity index (χ0) is 19.5. The molecule has 5 nitrogen and oxygen atoms in total. The molecule has 1 aliphatic heterocycles. The van der Waals surface area contributed by atoms with Gasteiger partial charge in [-0.2, -0.15) is 0 Å². The molecule has 0 unspecified atom stereocenters. The molecule has 3 aromatic rings. The Labute approximate surface area is 165 Å². The van der Waals surface area contributed by atoms with Crippen molar-refractivity contribution in [2.45, 2.75) is 51.6 Å². The van der Waals surface area contributed by atoms with Gasteiger partial charge in [0.2, 0.25) is 0 Å². The Balaban J connectivity index is 1.55. The minimum absolute atomic E-state index is 0.0314. The van der Waals surface area contributed by atoms with E-state index < -0.39 is 0 Å². The number of likely N-dealkylation sites (tertiary alicyclic amines) is 1. The first-order valence-electron chi connectivity index (χ1n) is 10.1. The molecule has 2 amide bonds. The highest BCUT2D eigenvalue weighted by atomic mass is 16.3. The largest absolute Gasteiger partial charge is 0.459 e. The number of furan rings is 1. The van der Waals surface area contributed by atoms with E-state index in [1.54, 1.807) is 12.4 Å². The monoisotopic (exact) mass is 377 g/mol. The van der Waals surface area contributed by atoms with Crippen LogP contribution in [0.4, 0.5) is 4.79 Å². The maximum absolute atomic E-state index is 13.2. The third kappa shape index (κ3) is 3.61. The summed E-state index contributed by atoms with van der Waals surface area (Å²) in [7, 11) is 0. The number of benzene rings is 1. The van der Waals surface area contributed by atoms with Crippen LogP contribution in [0.2, 0.25) is 0 Å². The average molecular weight is 377 g/mol. The third-order valence-electron chi connectivity index (χ3n) is 5.72. The van der Waals surface area contributed by atoms with Crippen molar-refractivity contribution in [3.8, 4) is 0 Å². The summed E-state index contributed by atoms with van der Waals surface area (Å²) in [6, 6.07) is 11.9. The molecule has 1 saturated heterocycles. The Kier molecular flexibility index (Phi) is 5.33. The fourth-order valence-electron chi connectivity index (χ4n) is 4.22. The van der Waals surface area contributed by atoms with Crippen molar-refractivity contribution >= 4 is 17.0 Å². The minimum Gasteiger partial charge on any atom is -0.459 e. The van der Waals surface area contributed by atoms with E-state index in [1.165, 1.54) is 0 Å². The molecular weight excluding hydrogens is 350 g/mol. The quantitative estimate of drug-likeness (QED) is 0.653. The summed E-state index contributed by atoms with van der Waals surface area (Å²) in [5.41, 5.74) is 3.10. The van der Waals surface area contributed by atoms with Crippen molar-refractivity contribution in [1.29, 1.82) is 0 Å². The van der Waals surface area contributed by atoms with Crippen LogP contribution < -0.4 is 5.32 Å². The number of pyridine rings is 1. The lowest BCUT2D eigenvalue weighted by Crippen LogP contribution is -2.43. The van der Waals surface area contributed by atoms with Crippen molar-refractivity contribution in [3.05, 3.63) is 65.7 Å². The maximum atomic E-state index is 13.2. The Bertz CT molecular complexity index is 951. The predicted molar refractivity (Wildman–Crippen MR) is 110 cm³/mol. The molecule has 5 heteroatoms. The molecule has 1 N–H and O–H groups in total. The van der Waals surface area contributed by atoms with Gasteiger partial charge in [-0.3, -0.25) is 4.98 Å². The van der Waals surface area contributed by atoms with Crippen LogP contribution in [-0.4, -0.2) is 22.5 Å². The van der Waals surface area contributed by atoms with Crippen LogP contribution >= 0.6 is 0 Å². The number of nitrogens with one attached hydrogen (secondary N) is 1. The molecule has 2 aromatic heterocycles. The molecule has 3 heterocycles. The van der Waals surface area contributed by atoms with Crippen molar-refractivity contribution < 1.29 is 9.21 Å². The lowest BCUT2D eigenvalue weighted by Gasteiger charge is -2.31. The van der Waals surface area contributed by atoms with Gasteiger partial charge in [0.1, 0.15) is 11.3 Å². The standard InChI is InChI=1S/C23H27N3O2/c1-16-19-8-5-6-10-21(19)28-22(16)17(2)25-23(27)26-15-7-3-4-9-20(26)18-11-13-24-14-12-18/h5-6,8,10-14,17,20H,3-4,7,9,15H2,1-2H3,(H,25,27)/t17-,20-/m0/s1. The number of hydrogen-bond donors (Lipinski definition) is 1. The summed E-state index contributed by atoms with van der Waals surface area (Å²) in [6.07, 6.45) is 7.91. The topological polar surface area (TPSA) is 58.4 Å². The molecule has 146 valence electrons. The number of aromatic nitrogens is 1. The molecule has 0 saturated carbocycles. The summed E-state index contributed by atoms with van der Waals surface area (Å²) >= 11 is 0. The van der Waals surface area contributed by atoms with E-state index in [9.17, 15) is 4.79 Å². The minimum atomic E-state index is -0.193. The number of urea groups is 1. The molecule has 1 aromatic carbocycles. The van der Waals surface area contributed by atoms with Gasteiger partial charge in [-0.05, 0) is 50.5 Å². The SMILES string of the molecule is Cc1c([C@H](C)NC(=O)N2CCCCC[C@H]2c2ccncc2)oc2ccccc12. The predicted octanol–water partition coefficient (Wildman–Crippen LogP) is 5.52. The number of fused-ring (bicyclic) bond motifs is 1. The second-order valence-electron chi connectivity index (χ2n) is 7.60. The molecule has 4 rings (SSSR count). The van der Waals surface area contributed by atoms with Crippen LogP contribution in [0.5, 0.6) is 0 Å². The third-order valence-corrected chi connectivity index (χ3v) is 5.72. The highest BCUT2D eigenvalue weighted by Crippen LogP contribution is 2.32. The first-order valence-corrected chi connectivity index (χ1v) is 10.1. The maximum Gasteiger partial charge on any atom is 0.318 e. The summed E-state index contributed by atoms with van der Waals surface area (Å²) < 4.78 is 6.04. The van der Waals surface area contributed by atoms with Crippen molar-refractivity contribution in [2.24, 2.45) is 0 Å². The number of hydrogen-bond acceptors (Lipinski definition) is 3. The second kappa shape index (κ2) is 8.05. The fraction of sp³-hybridized carbons (Fsp3) is 0.391. The van der Waals surface area contributed by atoms with Crippen LogP contribution in [0.3, 0.4) is 0 Å². The van der Waals surface area contributed by atoms with Crippen LogP contribution in [-0.2, 0) is 0 Å². The number of para-hydroxylation sites is 1. The smallest absolute Gasteiger partial charge is 0.318 e. The zero-order valence-electron chi connectivity index (χ0n) is 16.5. The first-order chi connectivity index (χ1) is 13.6. The normalized spacial score (nSPS) is 18.6. The van der Waals surface area contributed by atoms with Gasteiger partial charge in [-0.15, -0.1) is 0 Å². The van der Waals surface area contributed by atoms with Gasteiger partial charge in [0, 0.05) is 29.9 Å². The van der Waals surface area contributed by atoms with Crippen LogP contribution in [0, 0.1) is 6.92 Å². The van der Waals surface area contributed by atoms with Gasteiger partial charge in [0.25, 0.3) is 0 Å². The highest BCUT2D eigenvalue weighted by Gasteiger charge is 2.28. The lowest BCUT2D eigenvalue weighted by atomic mass is 10.0. The molecule has 1 fully saturated rings. The Morgan fingerprint density at radius 2 is 1.96 bits per heavy atom. The highest BCUT2D eigenvalue weighted by molar-refractivity contribution is 5.82. The van der Waals surface area contributed by atoms with Gasteiger partial charge in [0.05, 0.1) is 12.1 Å². The van der Waals surface area contributed by atoms with E-state index in [1.807, 2.05) is 42.2 Å². The number of rotatable bonds is 3. The Hall–Kier alpha value is -2.82. The van der Waals surface area contributed by atoms with Gasteiger partial charge in [-0.25, -0.2) is 4.79 Å². The Morgan fingerprint density at radius 1 is 1.18 bits per heavy atom. The van der Waals surface area contributed by atoms with E-state index in [-0.39, 0.29) is 18.1 Å². The van der Waals surface area contributed by atoms with Crippen LogP contribution in [0.1, 0.15) is 61.6 Å².